The number of para-hydroxylation sites is 1. The van der Waals surface area contributed by atoms with Gasteiger partial charge in [0, 0.05) is 10.7 Å². The molecule has 156 valence electrons. The van der Waals surface area contributed by atoms with Gasteiger partial charge in [-0.15, -0.1) is 0 Å². The van der Waals surface area contributed by atoms with Crippen molar-refractivity contribution in [3.05, 3.63) is 82.8 Å². The maximum Gasteiger partial charge on any atom is 0.265 e. The molecule has 0 fully saturated rings. The molecule has 0 heterocycles. The Kier molecular flexibility index (Phi) is 6.87. The molecule has 3 aromatic rings. The van der Waals surface area contributed by atoms with Gasteiger partial charge in [0.05, 0.1) is 15.6 Å². The Bertz CT molecular complexity index is 1130. The fourth-order valence-electron chi connectivity index (χ4n) is 2.48. The van der Waals surface area contributed by atoms with Gasteiger partial charge in [-0.25, -0.2) is 8.42 Å². The second-order valence-electron chi connectivity index (χ2n) is 6.31. The predicted octanol–water partition coefficient (Wildman–Crippen LogP) is 5.20. The molecule has 30 heavy (non-hydrogen) atoms. The Balaban J connectivity index is 1.64. The summed E-state index contributed by atoms with van der Waals surface area (Å²) in [5.74, 6) is 0.129. The zero-order valence-corrected chi connectivity index (χ0v) is 18.1. The minimum Gasteiger partial charge on any atom is -0.481 e. The Hall–Kier alpha value is -2.74. The maximum atomic E-state index is 12.5. The van der Waals surface area contributed by atoms with E-state index < -0.39 is 16.1 Å². The van der Waals surface area contributed by atoms with Crippen LogP contribution < -0.4 is 14.8 Å². The standard InChI is InChI=1S/C21H18Cl2N2O4S/c1-14(29-17-10-6-15(22)7-11-17)21(26)24-16-8-12-18(13-9-16)30(27,28)25-20-5-3-2-4-19(20)23/h2-14,25H,1H3,(H,24,26)/t14-/m1/s1. The molecular formula is C21H18Cl2N2O4S. The van der Waals surface area contributed by atoms with Crippen LogP contribution in [0.5, 0.6) is 5.75 Å². The number of benzene rings is 3. The minimum atomic E-state index is -3.82. The average molecular weight is 465 g/mol. The number of rotatable bonds is 7. The molecule has 0 spiro atoms. The van der Waals surface area contributed by atoms with Gasteiger partial charge in [-0.05, 0) is 67.6 Å². The molecule has 0 saturated carbocycles. The first-order valence-corrected chi connectivity index (χ1v) is 11.1. The number of carbonyl (C=O) groups excluding carboxylic acids is 1. The smallest absolute Gasteiger partial charge is 0.265 e. The van der Waals surface area contributed by atoms with Crippen molar-refractivity contribution in [3.63, 3.8) is 0 Å². The van der Waals surface area contributed by atoms with Crippen LogP contribution in [0.15, 0.2) is 77.7 Å². The molecule has 2 N–H and O–H groups in total. The molecule has 1 atom stereocenters. The molecule has 0 aromatic heterocycles. The monoisotopic (exact) mass is 464 g/mol. The molecule has 0 saturated heterocycles. The number of ether oxygens (including phenoxy) is 1. The molecule has 0 aliphatic heterocycles. The quantitative estimate of drug-likeness (QED) is 0.503. The Morgan fingerprint density at radius 1 is 0.933 bits per heavy atom. The number of nitrogens with one attached hydrogen (secondary N) is 2. The number of halogens is 2. The van der Waals surface area contributed by atoms with Crippen molar-refractivity contribution < 1.29 is 17.9 Å². The zero-order valence-electron chi connectivity index (χ0n) is 15.8. The van der Waals surface area contributed by atoms with Crippen LogP contribution in [0.3, 0.4) is 0 Å². The van der Waals surface area contributed by atoms with Gasteiger partial charge >= 0.3 is 0 Å². The van der Waals surface area contributed by atoms with Crippen LogP contribution in [0.4, 0.5) is 11.4 Å². The van der Waals surface area contributed by atoms with E-state index in [1.165, 1.54) is 24.3 Å². The summed E-state index contributed by atoms with van der Waals surface area (Å²) in [5, 5.41) is 3.54. The van der Waals surface area contributed by atoms with Gasteiger partial charge in [-0.1, -0.05) is 35.3 Å². The number of sulfonamides is 1. The molecule has 0 unspecified atom stereocenters. The summed E-state index contributed by atoms with van der Waals surface area (Å²) >= 11 is 11.8. The molecule has 1 amide bonds. The van der Waals surface area contributed by atoms with Crippen molar-refractivity contribution in [3.8, 4) is 5.75 Å². The highest BCUT2D eigenvalue weighted by atomic mass is 35.5. The van der Waals surface area contributed by atoms with Gasteiger partial charge in [-0.3, -0.25) is 9.52 Å². The van der Waals surface area contributed by atoms with Gasteiger partial charge in [0.15, 0.2) is 6.10 Å². The zero-order chi connectivity index (χ0) is 21.7. The lowest BCUT2D eigenvalue weighted by Gasteiger charge is -2.15. The lowest BCUT2D eigenvalue weighted by atomic mass is 10.3. The SMILES string of the molecule is C[C@@H](Oc1ccc(Cl)cc1)C(=O)Nc1ccc(S(=O)(=O)Nc2ccccc2Cl)cc1. The molecule has 0 radical (unpaired) electrons. The van der Waals surface area contributed by atoms with Crippen molar-refractivity contribution in [2.45, 2.75) is 17.9 Å². The van der Waals surface area contributed by atoms with Crippen molar-refractivity contribution in [1.82, 2.24) is 0 Å². The largest absolute Gasteiger partial charge is 0.481 e. The molecule has 3 aromatic carbocycles. The van der Waals surface area contributed by atoms with Crippen LogP contribution in [0.25, 0.3) is 0 Å². The van der Waals surface area contributed by atoms with Crippen molar-refractivity contribution in [1.29, 1.82) is 0 Å². The predicted molar refractivity (Wildman–Crippen MR) is 119 cm³/mol. The van der Waals surface area contributed by atoms with E-state index in [0.717, 1.165) is 0 Å². The van der Waals surface area contributed by atoms with Gasteiger partial charge in [0.25, 0.3) is 15.9 Å². The lowest BCUT2D eigenvalue weighted by molar-refractivity contribution is -0.122. The van der Waals surface area contributed by atoms with Crippen LogP contribution in [0.1, 0.15) is 6.92 Å². The first kappa shape index (κ1) is 22.0. The number of hydrogen-bond donors (Lipinski definition) is 2. The van der Waals surface area contributed by atoms with E-state index >= 15 is 0 Å². The van der Waals surface area contributed by atoms with Gasteiger partial charge in [0.2, 0.25) is 0 Å². The Morgan fingerprint density at radius 3 is 2.20 bits per heavy atom. The van der Waals surface area contributed by atoms with Gasteiger partial charge < -0.3 is 10.1 Å². The minimum absolute atomic E-state index is 0.0332. The summed E-state index contributed by atoms with van der Waals surface area (Å²) in [6.07, 6.45) is -0.767. The van der Waals surface area contributed by atoms with E-state index in [1.807, 2.05) is 0 Å². The second-order valence-corrected chi connectivity index (χ2v) is 8.84. The third-order valence-corrected chi connectivity index (χ3v) is 6.01. The lowest BCUT2D eigenvalue weighted by Crippen LogP contribution is -2.30. The van der Waals surface area contributed by atoms with E-state index in [2.05, 4.69) is 10.0 Å². The normalized spacial score (nSPS) is 12.1. The van der Waals surface area contributed by atoms with Crippen molar-refractivity contribution in [2.24, 2.45) is 0 Å². The maximum absolute atomic E-state index is 12.5. The summed E-state index contributed by atoms with van der Waals surface area (Å²) in [6.45, 7) is 1.61. The van der Waals surface area contributed by atoms with E-state index in [1.54, 1.807) is 55.5 Å². The molecule has 0 aliphatic carbocycles. The van der Waals surface area contributed by atoms with Gasteiger partial charge in [-0.2, -0.15) is 0 Å². The number of anilines is 2. The highest BCUT2D eigenvalue weighted by Gasteiger charge is 2.18. The van der Waals surface area contributed by atoms with Crippen LogP contribution in [0, 0.1) is 0 Å². The second kappa shape index (κ2) is 9.38. The number of amides is 1. The Morgan fingerprint density at radius 2 is 1.57 bits per heavy atom. The first-order chi connectivity index (χ1) is 14.2. The topological polar surface area (TPSA) is 84.5 Å². The number of carbonyl (C=O) groups is 1. The average Bonchev–Trinajstić information content (AvgIpc) is 2.71. The molecule has 0 bridgehead atoms. The Labute approximate surface area is 184 Å². The molecule has 6 nitrogen and oxygen atoms in total. The van der Waals surface area contributed by atoms with Gasteiger partial charge in [0.1, 0.15) is 5.75 Å². The number of hydrogen-bond acceptors (Lipinski definition) is 4. The van der Waals surface area contributed by atoms with Crippen LogP contribution in [0.2, 0.25) is 10.0 Å². The van der Waals surface area contributed by atoms with Crippen LogP contribution in [-0.4, -0.2) is 20.4 Å². The third kappa shape index (κ3) is 5.66. The first-order valence-electron chi connectivity index (χ1n) is 8.85. The highest BCUT2D eigenvalue weighted by Crippen LogP contribution is 2.24. The third-order valence-electron chi connectivity index (χ3n) is 4.05. The van der Waals surface area contributed by atoms with E-state index in [4.69, 9.17) is 27.9 Å². The van der Waals surface area contributed by atoms with Crippen molar-refractivity contribution in [2.75, 3.05) is 10.0 Å². The fourth-order valence-corrected chi connectivity index (χ4v) is 3.92. The summed E-state index contributed by atoms with van der Waals surface area (Å²) < 4.78 is 33.1. The summed E-state index contributed by atoms with van der Waals surface area (Å²) in [5.41, 5.74) is 0.716. The fraction of sp³-hybridized carbons (Fsp3) is 0.0952. The van der Waals surface area contributed by atoms with Crippen molar-refractivity contribution >= 4 is 50.5 Å². The molecule has 3 rings (SSSR count). The molecule has 0 aliphatic rings. The molecular weight excluding hydrogens is 447 g/mol. The van der Waals surface area contributed by atoms with Crippen LogP contribution >= 0.6 is 23.2 Å². The summed E-state index contributed by atoms with van der Waals surface area (Å²) in [6, 6.07) is 19.0. The van der Waals surface area contributed by atoms with E-state index in [-0.39, 0.29) is 16.5 Å². The molecule has 9 heteroatoms. The highest BCUT2D eigenvalue weighted by molar-refractivity contribution is 7.92. The summed E-state index contributed by atoms with van der Waals surface area (Å²) in [4.78, 5) is 12.4. The van der Waals surface area contributed by atoms with Crippen LogP contribution in [-0.2, 0) is 14.8 Å². The van der Waals surface area contributed by atoms with E-state index in [0.29, 0.717) is 21.5 Å². The summed E-state index contributed by atoms with van der Waals surface area (Å²) in [7, 11) is -3.82. The van der Waals surface area contributed by atoms with E-state index in [9.17, 15) is 13.2 Å².